The van der Waals surface area contributed by atoms with Crippen molar-refractivity contribution in [1.82, 2.24) is 9.55 Å². The molecule has 0 aliphatic carbocycles. The monoisotopic (exact) mass is 535 g/mol. The molecule has 0 atom stereocenters. The van der Waals surface area contributed by atoms with Gasteiger partial charge in [-0.25, -0.2) is 14.1 Å². The summed E-state index contributed by atoms with van der Waals surface area (Å²) in [6.45, 7) is 0.649. The average molecular weight is 536 g/mol. The Kier molecular flexibility index (Phi) is 6.99. The predicted octanol–water partition coefficient (Wildman–Crippen LogP) is 7.93. The zero-order valence-corrected chi connectivity index (χ0v) is 20.8. The summed E-state index contributed by atoms with van der Waals surface area (Å²) >= 11 is 12.8. The van der Waals surface area contributed by atoms with E-state index >= 15 is 0 Å². The van der Waals surface area contributed by atoms with E-state index in [1.54, 1.807) is 24.4 Å². The number of nitrogens with zero attached hydrogens (tertiary/aromatic N) is 3. The van der Waals surface area contributed by atoms with Crippen LogP contribution in [-0.4, -0.2) is 20.8 Å². The maximum Gasteiger partial charge on any atom is 0.416 e. The van der Waals surface area contributed by atoms with Crippen LogP contribution in [0.2, 0.25) is 10.0 Å². The fourth-order valence-electron chi connectivity index (χ4n) is 4.18. The summed E-state index contributed by atoms with van der Waals surface area (Å²) in [7, 11) is 0. The Labute approximate surface area is 222 Å². The molecule has 0 radical (unpaired) electrons. The molecule has 37 heavy (non-hydrogen) atoms. The summed E-state index contributed by atoms with van der Waals surface area (Å²) in [5.41, 5.74) is 2.91. The Balaban J connectivity index is 1.68. The number of halogens is 3. The van der Waals surface area contributed by atoms with Gasteiger partial charge in [-0.15, -0.1) is 0 Å². The number of aromatic nitrogens is 2. The van der Waals surface area contributed by atoms with Crippen molar-refractivity contribution in [3.05, 3.63) is 118 Å². The molecule has 0 saturated carbocycles. The smallest absolute Gasteiger partial charge is 0.416 e. The highest BCUT2D eigenvalue weighted by Gasteiger charge is 2.28. The molecular formula is C28H20Cl2FN3O3. The molecule has 5 aromatic rings. The molecule has 0 unspecified atom stereocenters. The minimum absolute atomic E-state index is 0.0806. The molecule has 0 aliphatic rings. The van der Waals surface area contributed by atoms with Crippen LogP contribution >= 0.6 is 23.2 Å². The lowest BCUT2D eigenvalue weighted by atomic mass is 10.2. The van der Waals surface area contributed by atoms with Gasteiger partial charge in [0.25, 0.3) is 0 Å². The van der Waals surface area contributed by atoms with Crippen LogP contribution < -0.4 is 9.64 Å². The zero-order chi connectivity index (χ0) is 25.9. The number of benzene rings is 3. The van der Waals surface area contributed by atoms with Gasteiger partial charge in [0, 0.05) is 25.1 Å². The summed E-state index contributed by atoms with van der Waals surface area (Å²) in [6, 6.07) is 21.3. The lowest BCUT2D eigenvalue weighted by molar-refractivity contribution is 0.205. The Hall–Kier alpha value is -4.07. The van der Waals surface area contributed by atoms with Crippen molar-refractivity contribution in [2.75, 3.05) is 4.90 Å². The fraction of sp³-hybridized carbons (Fsp3) is 0.0714. The third kappa shape index (κ3) is 5.09. The second-order valence-corrected chi connectivity index (χ2v) is 9.08. The molecule has 1 amide bonds. The molecule has 2 aromatic heterocycles. The van der Waals surface area contributed by atoms with E-state index in [1.165, 1.54) is 24.5 Å². The Morgan fingerprint density at radius 2 is 1.65 bits per heavy atom. The van der Waals surface area contributed by atoms with E-state index in [0.717, 1.165) is 21.5 Å². The van der Waals surface area contributed by atoms with E-state index < -0.39 is 6.09 Å². The topological polar surface area (TPSA) is 67.6 Å². The van der Waals surface area contributed by atoms with E-state index in [9.17, 15) is 14.3 Å². The molecule has 186 valence electrons. The first-order chi connectivity index (χ1) is 17.9. The van der Waals surface area contributed by atoms with Gasteiger partial charge in [0.05, 0.1) is 32.3 Å². The van der Waals surface area contributed by atoms with Gasteiger partial charge < -0.3 is 14.4 Å². The quantitative estimate of drug-likeness (QED) is 0.229. The van der Waals surface area contributed by atoms with Crippen LogP contribution in [0.3, 0.4) is 0 Å². The number of anilines is 2. The first-order valence-corrected chi connectivity index (χ1v) is 12.0. The Morgan fingerprint density at radius 1 is 0.946 bits per heavy atom. The molecule has 0 saturated heterocycles. The minimum atomic E-state index is -1.28. The molecule has 1 N–H and O–H groups in total. The van der Waals surface area contributed by atoms with Gasteiger partial charge in [-0.3, -0.25) is 4.98 Å². The van der Waals surface area contributed by atoms with Gasteiger partial charge in [-0.1, -0.05) is 71.7 Å². The number of fused-ring (bicyclic) bond motifs is 1. The highest BCUT2D eigenvalue weighted by atomic mass is 35.5. The van der Waals surface area contributed by atoms with E-state index in [-0.39, 0.29) is 28.2 Å². The SMILES string of the molecule is O=C(O)N(c1c(Cl)cncc1Cl)c1cn(Cc2ccc(F)cc2)c2cccc(OCc3ccccc3)c12. The minimum Gasteiger partial charge on any atom is -0.488 e. The lowest BCUT2D eigenvalue weighted by Crippen LogP contribution is -2.24. The van der Waals surface area contributed by atoms with E-state index in [2.05, 4.69) is 4.98 Å². The van der Waals surface area contributed by atoms with Gasteiger partial charge in [-0.2, -0.15) is 0 Å². The maximum absolute atomic E-state index is 13.5. The molecule has 3 aromatic carbocycles. The molecule has 2 heterocycles. The van der Waals surface area contributed by atoms with Crippen LogP contribution in [0.4, 0.5) is 20.6 Å². The number of ether oxygens (including phenoxy) is 1. The Morgan fingerprint density at radius 3 is 2.32 bits per heavy atom. The van der Waals surface area contributed by atoms with E-state index in [4.69, 9.17) is 27.9 Å². The maximum atomic E-state index is 13.5. The lowest BCUT2D eigenvalue weighted by Gasteiger charge is -2.21. The molecule has 6 nitrogen and oxygen atoms in total. The van der Waals surface area contributed by atoms with Gasteiger partial charge >= 0.3 is 6.09 Å². The number of carbonyl (C=O) groups is 1. The van der Waals surface area contributed by atoms with Crippen molar-refractivity contribution in [3.8, 4) is 5.75 Å². The van der Waals surface area contributed by atoms with Crippen LogP contribution in [0.25, 0.3) is 10.9 Å². The summed E-state index contributed by atoms with van der Waals surface area (Å²) in [6.07, 6.45) is 3.09. The van der Waals surface area contributed by atoms with Gasteiger partial charge in [-0.05, 0) is 35.4 Å². The summed E-state index contributed by atoms with van der Waals surface area (Å²) in [4.78, 5) is 17.6. The van der Waals surface area contributed by atoms with Gasteiger partial charge in [0.1, 0.15) is 18.2 Å². The highest BCUT2D eigenvalue weighted by Crippen LogP contribution is 2.44. The summed E-state index contributed by atoms with van der Waals surface area (Å²) in [5.74, 6) is 0.152. The first kappa shape index (κ1) is 24.6. The highest BCUT2D eigenvalue weighted by molar-refractivity contribution is 6.40. The van der Waals surface area contributed by atoms with E-state index in [1.807, 2.05) is 47.0 Å². The zero-order valence-electron chi connectivity index (χ0n) is 19.3. The molecule has 0 aliphatic heterocycles. The summed E-state index contributed by atoms with van der Waals surface area (Å²) < 4.78 is 21.6. The van der Waals surface area contributed by atoms with Crippen molar-refractivity contribution in [2.24, 2.45) is 0 Å². The molecule has 5 rings (SSSR count). The van der Waals surface area contributed by atoms with Crippen LogP contribution in [0.1, 0.15) is 11.1 Å². The largest absolute Gasteiger partial charge is 0.488 e. The molecule has 9 heteroatoms. The summed E-state index contributed by atoms with van der Waals surface area (Å²) in [5, 5.41) is 11.0. The number of hydrogen-bond donors (Lipinski definition) is 1. The van der Waals surface area contributed by atoms with Crippen molar-refractivity contribution < 1.29 is 19.0 Å². The first-order valence-electron chi connectivity index (χ1n) is 11.3. The molecule has 0 bridgehead atoms. The Bertz CT molecular complexity index is 1550. The molecular weight excluding hydrogens is 516 g/mol. The average Bonchev–Trinajstić information content (AvgIpc) is 3.25. The molecule has 0 fully saturated rings. The van der Waals surface area contributed by atoms with Gasteiger partial charge in [0.15, 0.2) is 0 Å². The standard InChI is InChI=1S/C28H20Cl2FN3O3/c29-21-13-32-14-22(30)27(21)34(28(35)36)24-16-33(15-18-9-11-20(31)12-10-18)23-7-4-8-25(26(23)24)37-17-19-5-2-1-3-6-19/h1-14,16H,15,17H2,(H,35,36). The van der Waals surface area contributed by atoms with Crippen molar-refractivity contribution in [3.63, 3.8) is 0 Å². The second-order valence-electron chi connectivity index (χ2n) is 8.26. The predicted molar refractivity (Wildman–Crippen MR) is 143 cm³/mol. The second kappa shape index (κ2) is 10.5. The number of rotatable bonds is 7. The van der Waals surface area contributed by atoms with Crippen LogP contribution in [-0.2, 0) is 13.2 Å². The van der Waals surface area contributed by atoms with Crippen LogP contribution in [0.15, 0.2) is 91.4 Å². The number of pyridine rings is 1. The van der Waals surface area contributed by atoms with Crippen LogP contribution in [0.5, 0.6) is 5.75 Å². The normalized spacial score (nSPS) is 11.0. The van der Waals surface area contributed by atoms with Crippen molar-refractivity contribution in [2.45, 2.75) is 13.2 Å². The number of amides is 1. The van der Waals surface area contributed by atoms with Crippen molar-refractivity contribution in [1.29, 1.82) is 0 Å². The number of carboxylic acid groups (broad SMARTS) is 1. The third-order valence-corrected chi connectivity index (χ3v) is 6.39. The fourth-order valence-corrected chi connectivity index (χ4v) is 4.71. The van der Waals surface area contributed by atoms with Crippen LogP contribution in [0, 0.1) is 5.82 Å². The van der Waals surface area contributed by atoms with Crippen molar-refractivity contribution >= 4 is 51.6 Å². The molecule has 0 spiro atoms. The van der Waals surface area contributed by atoms with E-state index in [0.29, 0.717) is 23.4 Å². The van der Waals surface area contributed by atoms with Gasteiger partial charge in [0.2, 0.25) is 0 Å². The third-order valence-electron chi connectivity index (χ3n) is 5.84. The number of hydrogen-bond acceptors (Lipinski definition) is 3.